The normalized spacial score (nSPS) is 14.9. The summed E-state index contributed by atoms with van der Waals surface area (Å²) < 4.78 is 5.76. The van der Waals surface area contributed by atoms with Gasteiger partial charge in [-0.3, -0.25) is 4.79 Å². The molecule has 1 fully saturated rings. The molecule has 1 amide bonds. The van der Waals surface area contributed by atoms with E-state index < -0.39 is 0 Å². The minimum absolute atomic E-state index is 0.0194. The van der Waals surface area contributed by atoms with Crippen LogP contribution in [-0.2, 0) is 11.2 Å². The van der Waals surface area contributed by atoms with E-state index in [2.05, 4.69) is 22.5 Å². The van der Waals surface area contributed by atoms with Gasteiger partial charge in [0.05, 0.1) is 11.6 Å². The van der Waals surface area contributed by atoms with Crippen molar-refractivity contribution in [2.24, 2.45) is 5.73 Å². The van der Waals surface area contributed by atoms with Gasteiger partial charge in [0.25, 0.3) is 5.91 Å². The van der Waals surface area contributed by atoms with Crippen LogP contribution in [0.4, 0.5) is 0 Å². The molecule has 2 aromatic rings. The van der Waals surface area contributed by atoms with Crippen molar-refractivity contribution in [3.05, 3.63) is 66.5 Å². The summed E-state index contributed by atoms with van der Waals surface area (Å²) >= 11 is 0. The largest absolute Gasteiger partial charge is 0.484 e. The Balaban J connectivity index is 1.49. The number of carbonyl (C=O) groups excluding carboxylic acids is 1. The smallest absolute Gasteiger partial charge is 0.260 e. The van der Waals surface area contributed by atoms with Gasteiger partial charge in [-0.05, 0) is 55.1 Å². The number of nitrogens with two attached hydrogens (primary N) is 1. The van der Waals surface area contributed by atoms with E-state index in [-0.39, 0.29) is 12.5 Å². The maximum atomic E-state index is 12.5. The number of allylic oxidation sites excluding steroid dienone is 4. The zero-order valence-corrected chi connectivity index (χ0v) is 17.0. The van der Waals surface area contributed by atoms with Gasteiger partial charge in [-0.1, -0.05) is 12.7 Å². The number of piperazine rings is 1. The number of nitriles is 1. The van der Waals surface area contributed by atoms with E-state index in [1.54, 1.807) is 6.08 Å². The first kappa shape index (κ1) is 21.2. The molecule has 0 unspecified atom stereocenters. The molecule has 0 atom stereocenters. The Hall–Kier alpha value is -3.50. The average Bonchev–Trinajstić information content (AvgIpc) is 3.18. The van der Waals surface area contributed by atoms with E-state index in [9.17, 15) is 4.79 Å². The van der Waals surface area contributed by atoms with Crippen molar-refractivity contribution >= 4 is 16.8 Å². The molecular formula is C23H27N5O2. The van der Waals surface area contributed by atoms with Crippen LogP contribution in [0.1, 0.15) is 5.56 Å². The van der Waals surface area contributed by atoms with Crippen LogP contribution >= 0.6 is 0 Å². The van der Waals surface area contributed by atoms with Gasteiger partial charge in [0.15, 0.2) is 6.61 Å². The molecule has 3 N–H and O–H groups in total. The standard InChI is InChI=1S/C23H27N5O2/c1-2-18(15-25)4-3-9-27-10-12-28(13-11-27)23(29)17-30-20-5-6-22-21(14-20)19(7-8-24)16-26-22/h2-6,9,14,16,26H,1,7-8,10-13,17,24H2/b9-3+,18-4+. The predicted octanol–water partition coefficient (Wildman–Crippen LogP) is 2.34. The van der Waals surface area contributed by atoms with E-state index in [1.165, 1.54) is 6.08 Å². The highest BCUT2D eigenvalue weighted by molar-refractivity contribution is 5.85. The molecule has 2 heterocycles. The SMILES string of the molecule is C=C/C(C#N)=C\C=C\N1CCN(C(=O)COc2ccc3[nH]cc(CCN)c3c2)CC1. The number of carbonyl (C=O) groups is 1. The maximum absolute atomic E-state index is 12.5. The molecule has 1 aromatic heterocycles. The first-order chi connectivity index (χ1) is 14.6. The molecule has 156 valence electrons. The van der Waals surface area contributed by atoms with Crippen LogP contribution in [0.2, 0.25) is 0 Å². The van der Waals surface area contributed by atoms with Gasteiger partial charge in [0.2, 0.25) is 0 Å². The number of aromatic nitrogens is 1. The van der Waals surface area contributed by atoms with Crippen LogP contribution in [0.5, 0.6) is 5.75 Å². The number of benzene rings is 1. The van der Waals surface area contributed by atoms with Crippen LogP contribution in [-0.4, -0.2) is 60.0 Å². The lowest BCUT2D eigenvalue weighted by molar-refractivity contribution is -0.134. The zero-order valence-electron chi connectivity index (χ0n) is 17.0. The average molecular weight is 406 g/mol. The van der Waals surface area contributed by atoms with E-state index in [0.717, 1.165) is 36.0 Å². The van der Waals surface area contributed by atoms with Gasteiger partial charge in [0.1, 0.15) is 5.75 Å². The van der Waals surface area contributed by atoms with Gasteiger partial charge >= 0.3 is 0 Å². The summed E-state index contributed by atoms with van der Waals surface area (Å²) in [6, 6.07) is 7.84. The van der Waals surface area contributed by atoms with Gasteiger partial charge in [-0.15, -0.1) is 0 Å². The lowest BCUT2D eigenvalue weighted by Crippen LogP contribution is -2.48. The molecular weight excluding hydrogens is 378 g/mol. The minimum atomic E-state index is -0.0201. The zero-order chi connectivity index (χ0) is 21.3. The number of hydrogen-bond acceptors (Lipinski definition) is 5. The Morgan fingerprint density at radius 3 is 2.83 bits per heavy atom. The summed E-state index contributed by atoms with van der Waals surface area (Å²) in [5.41, 5.74) is 8.37. The number of aromatic amines is 1. The van der Waals surface area contributed by atoms with E-state index >= 15 is 0 Å². The molecule has 7 nitrogen and oxygen atoms in total. The van der Waals surface area contributed by atoms with E-state index in [1.807, 2.05) is 41.6 Å². The highest BCUT2D eigenvalue weighted by atomic mass is 16.5. The molecule has 1 aliphatic heterocycles. The number of rotatable bonds is 8. The maximum Gasteiger partial charge on any atom is 0.260 e. The molecule has 1 aromatic carbocycles. The highest BCUT2D eigenvalue weighted by Gasteiger charge is 2.19. The number of hydrogen-bond donors (Lipinski definition) is 2. The monoisotopic (exact) mass is 405 g/mol. The lowest BCUT2D eigenvalue weighted by Gasteiger charge is -2.34. The summed E-state index contributed by atoms with van der Waals surface area (Å²) in [6.07, 6.45) is 9.77. The fourth-order valence-corrected chi connectivity index (χ4v) is 3.39. The molecule has 1 aliphatic rings. The summed E-state index contributed by atoms with van der Waals surface area (Å²) in [7, 11) is 0. The number of H-pyrrole nitrogens is 1. The van der Waals surface area contributed by atoms with Crippen LogP contribution < -0.4 is 10.5 Å². The van der Waals surface area contributed by atoms with Crippen LogP contribution in [0.15, 0.2) is 61.0 Å². The van der Waals surface area contributed by atoms with Crippen molar-refractivity contribution < 1.29 is 9.53 Å². The van der Waals surface area contributed by atoms with Crippen molar-refractivity contribution in [2.45, 2.75) is 6.42 Å². The number of amides is 1. The predicted molar refractivity (Wildman–Crippen MR) is 118 cm³/mol. The van der Waals surface area contributed by atoms with Gasteiger partial charge in [0, 0.05) is 43.3 Å². The summed E-state index contributed by atoms with van der Waals surface area (Å²) in [6.45, 7) is 6.95. The molecule has 1 saturated heterocycles. The summed E-state index contributed by atoms with van der Waals surface area (Å²) in [5.74, 6) is 0.658. The summed E-state index contributed by atoms with van der Waals surface area (Å²) in [5, 5.41) is 9.95. The molecule has 0 bridgehead atoms. The number of nitrogens with zero attached hydrogens (tertiary/aromatic N) is 3. The minimum Gasteiger partial charge on any atom is -0.484 e. The van der Waals surface area contributed by atoms with E-state index in [0.29, 0.717) is 31.0 Å². The molecule has 0 radical (unpaired) electrons. The first-order valence-corrected chi connectivity index (χ1v) is 10.0. The van der Waals surface area contributed by atoms with Crippen LogP contribution in [0, 0.1) is 11.3 Å². The third-order valence-corrected chi connectivity index (χ3v) is 5.10. The Kier molecular flexibility index (Phi) is 7.30. The van der Waals surface area contributed by atoms with Crippen molar-refractivity contribution in [2.75, 3.05) is 39.3 Å². The second-order valence-electron chi connectivity index (χ2n) is 7.04. The Morgan fingerprint density at radius 1 is 1.33 bits per heavy atom. The molecule has 0 spiro atoms. The third kappa shape index (κ3) is 5.31. The number of fused-ring (bicyclic) bond motifs is 1. The second-order valence-corrected chi connectivity index (χ2v) is 7.04. The van der Waals surface area contributed by atoms with Crippen LogP contribution in [0.3, 0.4) is 0 Å². The molecule has 7 heteroatoms. The summed E-state index contributed by atoms with van der Waals surface area (Å²) in [4.78, 5) is 19.7. The van der Waals surface area contributed by atoms with Crippen LogP contribution in [0.25, 0.3) is 10.9 Å². The Labute approximate surface area is 176 Å². The Morgan fingerprint density at radius 2 is 2.13 bits per heavy atom. The van der Waals surface area contributed by atoms with Crippen molar-refractivity contribution in [3.8, 4) is 11.8 Å². The number of nitrogens with one attached hydrogen (secondary N) is 1. The second kappa shape index (κ2) is 10.3. The molecule has 30 heavy (non-hydrogen) atoms. The van der Waals surface area contributed by atoms with Gasteiger partial charge in [-0.25, -0.2) is 0 Å². The first-order valence-electron chi connectivity index (χ1n) is 10.0. The van der Waals surface area contributed by atoms with Crippen molar-refractivity contribution in [3.63, 3.8) is 0 Å². The van der Waals surface area contributed by atoms with Gasteiger partial charge < -0.3 is 25.3 Å². The lowest BCUT2D eigenvalue weighted by atomic mass is 10.1. The third-order valence-electron chi connectivity index (χ3n) is 5.10. The fourth-order valence-electron chi connectivity index (χ4n) is 3.39. The fraction of sp³-hybridized carbons (Fsp3) is 0.304. The highest BCUT2D eigenvalue weighted by Crippen LogP contribution is 2.24. The van der Waals surface area contributed by atoms with Gasteiger partial charge in [-0.2, -0.15) is 5.26 Å². The molecule has 3 rings (SSSR count). The van der Waals surface area contributed by atoms with Crippen molar-refractivity contribution in [1.82, 2.24) is 14.8 Å². The Bertz CT molecular complexity index is 991. The molecule has 0 saturated carbocycles. The topological polar surface area (TPSA) is 98.4 Å². The molecule has 0 aliphatic carbocycles. The number of ether oxygens (including phenoxy) is 1. The van der Waals surface area contributed by atoms with E-state index in [4.69, 9.17) is 15.7 Å². The quantitative estimate of drug-likeness (QED) is 0.519. The van der Waals surface area contributed by atoms with Crippen molar-refractivity contribution in [1.29, 1.82) is 5.26 Å².